The topological polar surface area (TPSA) is 50.4 Å². The molecule has 0 aromatic heterocycles. The Balaban J connectivity index is 2.53. The molecule has 1 unspecified atom stereocenters. The fourth-order valence-corrected chi connectivity index (χ4v) is 2.15. The first-order valence-electron chi connectivity index (χ1n) is 6.75. The van der Waals surface area contributed by atoms with Crippen LogP contribution in [0.2, 0.25) is 0 Å². The molecule has 0 spiro atoms. The van der Waals surface area contributed by atoms with Crippen molar-refractivity contribution in [2.24, 2.45) is 0 Å². The average Bonchev–Trinajstić information content (AvgIpc) is 2.40. The Morgan fingerprint density at radius 3 is 2.50 bits per heavy atom. The number of rotatable bonds is 7. The number of anilines is 1. The first-order chi connectivity index (χ1) is 9.45. The predicted octanol–water partition coefficient (Wildman–Crippen LogP) is 3.02. The summed E-state index contributed by atoms with van der Waals surface area (Å²) in [6.07, 6.45) is 0.825. The third kappa shape index (κ3) is 5.13. The largest absolute Gasteiger partial charge is 0.385 e. The standard InChI is InChI=1S/C15H23BrN2O2/c1-10-8-13(9-11(2)14(10)16)18-12(3)15(19)17-6-5-7-20-4/h8-9,12,18H,5-7H2,1-4H3,(H,17,19). The minimum Gasteiger partial charge on any atom is -0.385 e. The fraction of sp³-hybridized carbons (Fsp3) is 0.533. The fourth-order valence-electron chi connectivity index (χ4n) is 1.93. The van der Waals surface area contributed by atoms with Crippen molar-refractivity contribution < 1.29 is 9.53 Å². The van der Waals surface area contributed by atoms with Crippen molar-refractivity contribution in [3.63, 3.8) is 0 Å². The van der Waals surface area contributed by atoms with Gasteiger partial charge in [-0.15, -0.1) is 0 Å². The Hall–Kier alpha value is -1.07. The molecule has 0 saturated carbocycles. The molecule has 20 heavy (non-hydrogen) atoms. The van der Waals surface area contributed by atoms with Crippen LogP contribution in [0.1, 0.15) is 24.5 Å². The molecule has 2 N–H and O–H groups in total. The van der Waals surface area contributed by atoms with Crippen molar-refractivity contribution >= 4 is 27.5 Å². The Morgan fingerprint density at radius 2 is 1.95 bits per heavy atom. The van der Waals surface area contributed by atoms with E-state index in [4.69, 9.17) is 4.74 Å². The second-order valence-corrected chi connectivity index (χ2v) is 5.72. The second kappa shape index (κ2) is 8.27. The summed E-state index contributed by atoms with van der Waals surface area (Å²) in [7, 11) is 1.66. The number of benzene rings is 1. The van der Waals surface area contributed by atoms with Crippen LogP contribution in [-0.4, -0.2) is 32.2 Å². The lowest BCUT2D eigenvalue weighted by atomic mass is 10.1. The van der Waals surface area contributed by atoms with Gasteiger partial charge in [0.1, 0.15) is 6.04 Å². The van der Waals surface area contributed by atoms with E-state index >= 15 is 0 Å². The van der Waals surface area contributed by atoms with Gasteiger partial charge in [-0.25, -0.2) is 0 Å². The monoisotopic (exact) mass is 342 g/mol. The first-order valence-corrected chi connectivity index (χ1v) is 7.55. The van der Waals surface area contributed by atoms with Crippen LogP contribution in [0.25, 0.3) is 0 Å². The molecule has 5 heteroatoms. The quantitative estimate of drug-likeness (QED) is 0.749. The van der Waals surface area contributed by atoms with Crippen molar-refractivity contribution in [2.45, 2.75) is 33.2 Å². The van der Waals surface area contributed by atoms with Crippen molar-refractivity contribution in [2.75, 3.05) is 25.6 Å². The molecule has 112 valence electrons. The molecule has 0 aliphatic rings. The molecular formula is C15H23BrN2O2. The molecule has 0 radical (unpaired) electrons. The molecule has 0 heterocycles. The number of carbonyl (C=O) groups excluding carboxylic acids is 1. The lowest BCUT2D eigenvalue weighted by molar-refractivity contribution is -0.121. The normalized spacial score (nSPS) is 12.1. The summed E-state index contributed by atoms with van der Waals surface area (Å²) in [5.41, 5.74) is 3.27. The van der Waals surface area contributed by atoms with Gasteiger partial charge in [-0.3, -0.25) is 4.79 Å². The van der Waals surface area contributed by atoms with Crippen LogP contribution in [0.5, 0.6) is 0 Å². The molecule has 1 atom stereocenters. The summed E-state index contributed by atoms with van der Waals surface area (Å²) < 4.78 is 6.06. The molecule has 0 aliphatic carbocycles. The van der Waals surface area contributed by atoms with Gasteiger partial charge in [0.25, 0.3) is 0 Å². The van der Waals surface area contributed by atoms with Crippen molar-refractivity contribution in [1.82, 2.24) is 5.32 Å². The van der Waals surface area contributed by atoms with Crippen molar-refractivity contribution in [3.05, 3.63) is 27.7 Å². The van der Waals surface area contributed by atoms with Crippen molar-refractivity contribution in [1.29, 1.82) is 0 Å². The summed E-state index contributed by atoms with van der Waals surface area (Å²) in [6, 6.07) is 3.80. The summed E-state index contributed by atoms with van der Waals surface area (Å²) >= 11 is 3.54. The van der Waals surface area contributed by atoms with E-state index in [0.29, 0.717) is 13.2 Å². The molecule has 0 fully saturated rings. The van der Waals surface area contributed by atoms with E-state index in [1.165, 1.54) is 0 Å². The Labute approximate surface area is 129 Å². The van der Waals surface area contributed by atoms with Crippen LogP contribution < -0.4 is 10.6 Å². The number of methoxy groups -OCH3 is 1. The zero-order valence-corrected chi connectivity index (χ0v) is 14.1. The molecule has 0 bridgehead atoms. The van der Waals surface area contributed by atoms with Crippen LogP contribution in [0.3, 0.4) is 0 Å². The number of halogens is 1. The number of amides is 1. The van der Waals surface area contributed by atoms with E-state index < -0.39 is 0 Å². The van der Waals surface area contributed by atoms with Gasteiger partial charge in [-0.2, -0.15) is 0 Å². The zero-order valence-electron chi connectivity index (χ0n) is 12.5. The zero-order chi connectivity index (χ0) is 15.1. The second-order valence-electron chi connectivity index (χ2n) is 4.93. The Morgan fingerprint density at radius 1 is 1.35 bits per heavy atom. The highest BCUT2D eigenvalue weighted by Gasteiger charge is 2.12. The third-order valence-corrected chi connectivity index (χ3v) is 4.29. The molecule has 0 aliphatic heterocycles. The third-order valence-electron chi connectivity index (χ3n) is 3.04. The maximum absolute atomic E-state index is 11.9. The number of hydrogen-bond acceptors (Lipinski definition) is 3. The minimum atomic E-state index is -0.266. The molecule has 1 aromatic rings. The Bertz CT molecular complexity index is 440. The SMILES string of the molecule is COCCCNC(=O)C(C)Nc1cc(C)c(Br)c(C)c1. The number of hydrogen-bond donors (Lipinski definition) is 2. The van der Waals surface area contributed by atoms with Crippen LogP contribution in [0.15, 0.2) is 16.6 Å². The summed E-state index contributed by atoms with van der Waals surface area (Å²) in [5, 5.41) is 6.11. The lowest BCUT2D eigenvalue weighted by Gasteiger charge is -2.17. The van der Waals surface area contributed by atoms with Gasteiger partial charge < -0.3 is 15.4 Å². The lowest BCUT2D eigenvalue weighted by Crippen LogP contribution is -2.38. The van der Waals surface area contributed by atoms with Crippen LogP contribution in [0, 0.1) is 13.8 Å². The number of nitrogens with one attached hydrogen (secondary N) is 2. The molecule has 1 aromatic carbocycles. The molecule has 0 saturated heterocycles. The maximum atomic E-state index is 11.9. The summed E-state index contributed by atoms with van der Waals surface area (Å²) in [5.74, 6) is -0.000622. The number of ether oxygens (including phenoxy) is 1. The maximum Gasteiger partial charge on any atom is 0.242 e. The van der Waals surface area contributed by atoms with Gasteiger partial charge >= 0.3 is 0 Å². The van der Waals surface area contributed by atoms with Gasteiger partial charge in [-0.05, 0) is 50.5 Å². The molecular weight excluding hydrogens is 320 g/mol. The predicted molar refractivity (Wildman–Crippen MR) is 86.2 cm³/mol. The van der Waals surface area contributed by atoms with Crippen LogP contribution in [0.4, 0.5) is 5.69 Å². The van der Waals surface area contributed by atoms with Gasteiger partial charge in [-0.1, -0.05) is 15.9 Å². The van der Waals surface area contributed by atoms with Gasteiger partial charge in [0.05, 0.1) is 0 Å². The molecule has 4 nitrogen and oxygen atoms in total. The highest BCUT2D eigenvalue weighted by Crippen LogP contribution is 2.25. The highest BCUT2D eigenvalue weighted by molar-refractivity contribution is 9.10. The molecule has 1 rings (SSSR count). The van der Waals surface area contributed by atoms with Crippen molar-refractivity contribution in [3.8, 4) is 0 Å². The van der Waals surface area contributed by atoms with E-state index in [-0.39, 0.29) is 11.9 Å². The van der Waals surface area contributed by atoms with Crippen LogP contribution in [-0.2, 0) is 9.53 Å². The number of aryl methyl sites for hydroxylation is 2. The smallest absolute Gasteiger partial charge is 0.242 e. The van der Waals surface area contributed by atoms with Gasteiger partial charge in [0.15, 0.2) is 0 Å². The average molecular weight is 343 g/mol. The van der Waals surface area contributed by atoms with E-state index in [1.54, 1.807) is 7.11 Å². The van der Waals surface area contributed by atoms with E-state index in [0.717, 1.165) is 27.7 Å². The van der Waals surface area contributed by atoms with Gasteiger partial charge in [0.2, 0.25) is 5.91 Å². The van der Waals surface area contributed by atoms with E-state index in [2.05, 4.69) is 26.6 Å². The van der Waals surface area contributed by atoms with Gasteiger partial charge in [0, 0.05) is 30.4 Å². The molecule has 1 amide bonds. The minimum absolute atomic E-state index is 0.000622. The Kier molecular flexibility index (Phi) is 7.02. The summed E-state index contributed by atoms with van der Waals surface area (Å²) in [6.45, 7) is 7.23. The number of carbonyl (C=O) groups is 1. The highest BCUT2D eigenvalue weighted by atomic mass is 79.9. The van der Waals surface area contributed by atoms with E-state index in [9.17, 15) is 4.79 Å². The van der Waals surface area contributed by atoms with Crippen LogP contribution >= 0.6 is 15.9 Å². The van der Waals surface area contributed by atoms with E-state index in [1.807, 2.05) is 32.9 Å². The summed E-state index contributed by atoms with van der Waals surface area (Å²) in [4.78, 5) is 11.9. The first kappa shape index (κ1) is 17.0.